The van der Waals surface area contributed by atoms with Crippen LogP contribution in [-0.2, 0) is 11.4 Å². The monoisotopic (exact) mass is 424 g/mol. The lowest BCUT2D eigenvalue weighted by Crippen LogP contribution is -2.38. The Kier molecular flexibility index (Phi) is 6.02. The van der Waals surface area contributed by atoms with Gasteiger partial charge in [0.2, 0.25) is 0 Å². The molecule has 1 atom stereocenters. The quantitative estimate of drug-likeness (QED) is 0.563. The summed E-state index contributed by atoms with van der Waals surface area (Å²) < 4.78 is 41.8. The van der Waals surface area contributed by atoms with Crippen LogP contribution in [-0.4, -0.2) is 29.2 Å². The molecule has 1 amide bonds. The van der Waals surface area contributed by atoms with Crippen molar-refractivity contribution >= 4 is 11.6 Å². The summed E-state index contributed by atoms with van der Waals surface area (Å²) in [7, 11) is 0. The van der Waals surface area contributed by atoms with Gasteiger partial charge in [0.1, 0.15) is 17.5 Å². The first-order chi connectivity index (χ1) is 15.0. The average Bonchev–Trinajstić information content (AvgIpc) is 3.24. The van der Waals surface area contributed by atoms with Gasteiger partial charge in [0, 0.05) is 24.6 Å². The van der Waals surface area contributed by atoms with Gasteiger partial charge in [0.05, 0.1) is 17.8 Å². The largest absolute Gasteiger partial charge is 0.390 e. The van der Waals surface area contributed by atoms with Crippen molar-refractivity contribution in [1.82, 2.24) is 4.90 Å². The fourth-order valence-corrected chi connectivity index (χ4v) is 3.45. The molecular formula is C24H19F3N2O2. The third-order valence-corrected chi connectivity index (χ3v) is 5.03. The van der Waals surface area contributed by atoms with Crippen LogP contribution in [0, 0.1) is 17.5 Å². The van der Waals surface area contributed by atoms with Crippen LogP contribution in [0.1, 0.15) is 27.9 Å². The zero-order valence-corrected chi connectivity index (χ0v) is 16.5. The van der Waals surface area contributed by atoms with Gasteiger partial charge in [0.25, 0.3) is 5.91 Å². The number of hydrogen-bond donors (Lipinski definition) is 0. The van der Waals surface area contributed by atoms with Crippen molar-refractivity contribution in [2.24, 2.45) is 5.16 Å². The second-order valence-corrected chi connectivity index (χ2v) is 7.24. The molecule has 1 aliphatic heterocycles. The summed E-state index contributed by atoms with van der Waals surface area (Å²) in [5, 5.41) is 4.11. The van der Waals surface area contributed by atoms with Crippen LogP contribution < -0.4 is 0 Å². The Morgan fingerprint density at radius 2 is 1.71 bits per heavy atom. The Labute approximate surface area is 177 Å². The molecule has 7 heteroatoms. The number of rotatable bonds is 6. The summed E-state index contributed by atoms with van der Waals surface area (Å²) >= 11 is 0. The van der Waals surface area contributed by atoms with Gasteiger partial charge in [-0.3, -0.25) is 4.79 Å². The van der Waals surface area contributed by atoms with E-state index in [1.807, 2.05) is 30.3 Å². The number of hydrogen-bond acceptors (Lipinski definition) is 3. The van der Waals surface area contributed by atoms with E-state index in [0.29, 0.717) is 6.42 Å². The number of oxime groups is 1. The van der Waals surface area contributed by atoms with Gasteiger partial charge in [-0.05, 0) is 23.8 Å². The SMILES string of the molecule is O=C(c1ccccc1F)N(Cc1ccc(F)cc1F)CC1CC(c2ccccc2)=NO1. The highest BCUT2D eigenvalue weighted by Gasteiger charge is 2.28. The third kappa shape index (κ3) is 4.77. The van der Waals surface area contributed by atoms with E-state index in [4.69, 9.17) is 4.84 Å². The molecular weight excluding hydrogens is 405 g/mol. The van der Waals surface area contributed by atoms with E-state index < -0.39 is 29.5 Å². The second kappa shape index (κ2) is 9.04. The van der Waals surface area contributed by atoms with E-state index in [0.717, 1.165) is 23.4 Å². The fraction of sp³-hybridized carbons (Fsp3) is 0.167. The summed E-state index contributed by atoms with van der Waals surface area (Å²) in [5.41, 5.74) is 1.62. The van der Waals surface area contributed by atoms with E-state index in [1.165, 1.54) is 29.2 Å². The molecule has 158 valence electrons. The van der Waals surface area contributed by atoms with Gasteiger partial charge < -0.3 is 9.74 Å². The molecule has 31 heavy (non-hydrogen) atoms. The van der Waals surface area contributed by atoms with E-state index in [1.54, 1.807) is 6.07 Å². The third-order valence-electron chi connectivity index (χ3n) is 5.03. The minimum Gasteiger partial charge on any atom is -0.390 e. The molecule has 1 aliphatic rings. The highest BCUT2D eigenvalue weighted by molar-refractivity contribution is 6.01. The molecule has 3 aromatic carbocycles. The molecule has 0 N–H and O–H groups in total. The maximum absolute atomic E-state index is 14.2. The Morgan fingerprint density at radius 3 is 2.45 bits per heavy atom. The van der Waals surface area contributed by atoms with Crippen LogP contribution in [0.25, 0.3) is 0 Å². The normalized spacial score (nSPS) is 15.3. The maximum Gasteiger partial charge on any atom is 0.257 e. The molecule has 3 aromatic rings. The molecule has 0 fully saturated rings. The van der Waals surface area contributed by atoms with Crippen LogP contribution in [0.5, 0.6) is 0 Å². The zero-order chi connectivity index (χ0) is 21.8. The molecule has 1 unspecified atom stereocenters. The Bertz CT molecular complexity index is 1120. The fourth-order valence-electron chi connectivity index (χ4n) is 3.45. The van der Waals surface area contributed by atoms with Crippen molar-refractivity contribution in [2.75, 3.05) is 6.54 Å². The first-order valence-corrected chi connectivity index (χ1v) is 9.77. The van der Waals surface area contributed by atoms with Crippen molar-refractivity contribution in [2.45, 2.75) is 19.1 Å². The van der Waals surface area contributed by atoms with Crippen LogP contribution in [0.15, 0.2) is 78.0 Å². The molecule has 0 saturated carbocycles. The smallest absolute Gasteiger partial charge is 0.257 e. The van der Waals surface area contributed by atoms with E-state index in [2.05, 4.69) is 5.16 Å². The molecule has 0 radical (unpaired) electrons. The predicted molar refractivity (Wildman–Crippen MR) is 110 cm³/mol. The van der Waals surface area contributed by atoms with Crippen molar-refractivity contribution in [1.29, 1.82) is 0 Å². The lowest BCUT2D eigenvalue weighted by atomic mass is 10.0. The van der Waals surface area contributed by atoms with Gasteiger partial charge in [-0.1, -0.05) is 53.7 Å². The Hall–Kier alpha value is -3.61. The summed E-state index contributed by atoms with van der Waals surface area (Å²) in [4.78, 5) is 19.9. The average molecular weight is 424 g/mol. The molecule has 0 bridgehead atoms. The molecule has 4 rings (SSSR count). The lowest BCUT2D eigenvalue weighted by molar-refractivity contribution is 0.0400. The minimum absolute atomic E-state index is 0.0593. The van der Waals surface area contributed by atoms with Crippen molar-refractivity contribution < 1.29 is 22.8 Å². The Balaban J connectivity index is 1.55. The molecule has 0 aliphatic carbocycles. The maximum atomic E-state index is 14.2. The van der Waals surface area contributed by atoms with Crippen LogP contribution in [0.2, 0.25) is 0 Å². The van der Waals surface area contributed by atoms with Gasteiger partial charge in [-0.25, -0.2) is 13.2 Å². The number of carbonyl (C=O) groups is 1. The van der Waals surface area contributed by atoms with E-state index in [9.17, 15) is 18.0 Å². The molecule has 0 aromatic heterocycles. The summed E-state index contributed by atoms with van der Waals surface area (Å²) in [6.45, 7) is -0.108. The topological polar surface area (TPSA) is 41.9 Å². The number of nitrogens with zero attached hydrogens (tertiary/aromatic N) is 2. The zero-order valence-electron chi connectivity index (χ0n) is 16.5. The highest BCUT2D eigenvalue weighted by Crippen LogP contribution is 2.21. The number of amides is 1. The molecule has 4 nitrogen and oxygen atoms in total. The van der Waals surface area contributed by atoms with Crippen LogP contribution >= 0.6 is 0 Å². The second-order valence-electron chi connectivity index (χ2n) is 7.24. The number of halogens is 3. The van der Waals surface area contributed by atoms with Crippen molar-refractivity contribution in [3.63, 3.8) is 0 Å². The first kappa shape index (κ1) is 20.7. The number of benzene rings is 3. The molecule has 0 spiro atoms. The minimum atomic E-state index is -0.778. The summed E-state index contributed by atoms with van der Waals surface area (Å²) in [6.07, 6.45) is -0.0359. The Morgan fingerprint density at radius 1 is 0.968 bits per heavy atom. The lowest BCUT2D eigenvalue weighted by Gasteiger charge is -2.25. The van der Waals surface area contributed by atoms with Crippen LogP contribution in [0.3, 0.4) is 0 Å². The van der Waals surface area contributed by atoms with Gasteiger partial charge in [-0.2, -0.15) is 0 Å². The van der Waals surface area contributed by atoms with E-state index in [-0.39, 0.29) is 24.2 Å². The van der Waals surface area contributed by atoms with E-state index >= 15 is 0 Å². The van der Waals surface area contributed by atoms with Gasteiger partial charge in [-0.15, -0.1) is 0 Å². The summed E-state index contributed by atoms with van der Waals surface area (Å²) in [5.74, 6) is -2.78. The van der Waals surface area contributed by atoms with Crippen molar-refractivity contribution in [3.8, 4) is 0 Å². The van der Waals surface area contributed by atoms with Crippen LogP contribution in [0.4, 0.5) is 13.2 Å². The summed E-state index contributed by atoms with van der Waals surface area (Å²) in [6, 6.07) is 18.2. The predicted octanol–water partition coefficient (Wildman–Crippen LogP) is 4.94. The molecule has 0 saturated heterocycles. The highest BCUT2D eigenvalue weighted by atomic mass is 19.1. The standard InChI is InChI=1S/C24H19F3N2O2/c25-18-11-10-17(22(27)12-18)14-29(24(30)20-8-4-5-9-21(20)26)15-19-13-23(28-31-19)16-6-2-1-3-7-16/h1-12,19H,13-15H2. The van der Waals surface area contributed by atoms with Crippen molar-refractivity contribution in [3.05, 3.63) is 107 Å². The molecule has 1 heterocycles. The van der Waals surface area contributed by atoms with Gasteiger partial charge >= 0.3 is 0 Å². The number of carbonyl (C=O) groups excluding carboxylic acids is 1. The first-order valence-electron chi connectivity index (χ1n) is 9.77. The van der Waals surface area contributed by atoms with Gasteiger partial charge in [0.15, 0.2) is 6.10 Å².